The van der Waals surface area contributed by atoms with Crippen LogP contribution in [0.15, 0.2) is 76.8 Å². The van der Waals surface area contributed by atoms with Crippen molar-refractivity contribution in [2.45, 2.75) is 25.2 Å². The third-order valence-electron chi connectivity index (χ3n) is 5.86. The molecule has 0 saturated heterocycles. The minimum absolute atomic E-state index is 0.0266. The molecule has 1 aromatic heterocycles. The van der Waals surface area contributed by atoms with Gasteiger partial charge in [0.1, 0.15) is 28.8 Å². The molecule has 0 aliphatic rings. The van der Waals surface area contributed by atoms with Crippen molar-refractivity contribution in [3.05, 3.63) is 88.3 Å². The number of carbonyl (C=O) groups is 2. The highest BCUT2D eigenvalue weighted by Crippen LogP contribution is 2.34. The molecule has 0 bridgehead atoms. The lowest BCUT2D eigenvalue weighted by molar-refractivity contribution is -0.131. The Kier molecular flexibility index (Phi) is 9.07. The van der Waals surface area contributed by atoms with E-state index >= 15 is 0 Å². The van der Waals surface area contributed by atoms with Crippen LogP contribution in [0.1, 0.15) is 28.4 Å². The van der Waals surface area contributed by atoms with E-state index in [1.54, 1.807) is 56.7 Å². The van der Waals surface area contributed by atoms with Crippen molar-refractivity contribution < 1.29 is 34.0 Å². The number of rotatable bonds is 12. The molecule has 0 amide bonds. The van der Waals surface area contributed by atoms with E-state index in [-0.39, 0.29) is 17.1 Å². The maximum atomic E-state index is 12.3. The summed E-state index contributed by atoms with van der Waals surface area (Å²) in [5, 5.41) is 28.1. The minimum atomic E-state index is -1.13. The van der Waals surface area contributed by atoms with E-state index in [9.17, 15) is 14.7 Å². The second-order valence-corrected chi connectivity index (χ2v) is 9.41. The lowest BCUT2D eigenvalue weighted by Gasteiger charge is -2.11. The van der Waals surface area contributed by atoms with Gasteiger partial charge < -0.3 is 29.0 Å². The molecule has 0 aliphatic carbocycles. The number of thioether (sulfide) groups is 1. The van der Waals surface area contributed by atoms with Gasteiger partial charge in [-0.3, -0.25) is 0 Å². The van der Waals surface area contributed by atoms with Gasteiger partial charge in [-0.1, -0.05) is 30.3 Å². The first-order valence-corrected chi connectivity index (χ1v) is 13.0. The Morgan fingerprint density at radius 1 is 0.950 bits per heavy atom. The van der Waals surface area contributed by atoms with Crippen LogP contribution in [0.25, 0.3) is 17.5 Å². The largest absolute Gasteiger partial charge is 0.497 e. The first kappa shape index (κ1) is 28.2. The molecule has 3 aromatic carbocycles. The summed E-state index contributed by atoms with van der Waals surface area (Å²) in [7, 11) is 3.12. The summed E-state index contributed by atoms with van der Waals surface area (Å²) < 4.78 is 18.5. The van der Waals surface area contributed by atoms with Crippen LogP contribution in [0.4, 0.5) is 0 Å². The predicted octanol–water partition coefficient (Wildman–Crippen LogP) is 5.48. The summed E-state index contributed by atoms with van der Waals surface area (Å²) >= 11 is 0.983. The van der Waals surface area contributed by atoms with Gasteiger partial charge >= 0.3 is 11.9 Å². The quantitative estimate of drug-likeness (QED) is 0.169. The molecule has 2 N–H and O–H groups in total. The Balaban J connectivity index is 1.60. The standard InChI is InChI=1S/C29H27N3O7S/c1-4-32-26(21-13-22(37-2)16-23(14-21)38-3)30-31-29(32)40-25(28(35)36)15-20-7-5-6-8-24(20)39-17-18-9-11-19(12-10-18)27(33)34/h5-16H,4,17H2,1-3H3,(H,33,34)(H,35,36)/b25-15-. The Morgan fingerprint density at radius 3 is 2.23 bits per heavy atom. The molecule has 10 nitrogen and oxygen atoms in total. The SMILES string of the molecule is CCn1c(S/C(=C\c2ccccc2OCc2ccc(C(=O)O)cc2)C(=O)O)nnc1-c1cc(OC)cc(OC)c1. The van der Waals surface area contributed by atoms with Gasteiger partial charge in [0.25, 0.3) is 0 Å². The Hall–Kier alpha value is -4.77. The topological polar surface area (TPSA) is 133 Å². The molecule has 11 heteroatoms. The first-order chi connectivity index (χ1) is 19.3. The first-order valence-electron chi connectivity index (χ1n) is 12.2. The Labute approximate surface area is 234 Å². The molecular formula is C29H27N3O7S. The lowest BCUT2D eigenvalue weighted by Crippen LogP contribution is -2.03. The van der Waals surface area contributed by atoms with Crippen LogP contribution in [0.3, 0.4) is 0 Å². The Morgan fingerprint density at radius 2 is 1.62 bits per heavy atom. The fourth-order valence-corrected chi connectivity index (χ4v) is 4.69. The smallest absolute Gasteiger partial charge is 0.342 e. The van der Waals surface area contributed by atoms with Gasteiger partial charge in [-0.05, 0) is 60.7 Å². The lowest BCUT2D eigenvalue weighted by atomic mass is 10.1. The predicted molar refractivity (Wildman–Crippen MR) is 150 cm³/mol. The number of aromatic nitrogens is 3. The van der Waals surface area contributed by atoms with E-state index in [0.29, 0.717) is 45.9 Å². The number of para-hydroxylation sites is 1. The number of ether oxygens (including phenoxy) is 3. The van der Waals surface area contributed by atoms with Gasteiger partial charge in [-0.25, -0.2) is 9.59 Å². The number of benzene rings is 3. The van der Waals surface area contributed by atoms with Crippen LogP contribution in [0, 0.1) is 0 Å². The van der Waals surface area contributed by atoms with E-state index in [2.05, 4.69) is 10.2 Å². The van der Waals surface area contributed by atoms with E-state index < -0.39 is 11.9 Å². The van der Waals surface area contributed by atoms with Crippen molar-refractivity contribution in [1.82, 2.24) is 14.8 Å². The molecular weight excluding hydrogens is 534 g/mol. The average Bonchev–Trinajstić information content (AvgIpc) is 3.38. The number of methoxy groups -OCH3 is 2. The fraction of sp³-hybridized carbons (Fsp3) is 0.172. The molecule has 40 heavy (non-hydrogen) atoms. The summed E-state index contributed by atoms with van der Waals surface area (Å²) in [6, 6.07) is 18.8. The molecule has 1 heterocycles. The van der Waals surface area contributed by atoms with Crippen molar-refractivity contribution in [3.63, 3.8) is 0 Å². The zero-order valence-electron chi connectivity index (χ0n) is 22.0. The third-order valence-corrected chi connectivity index (χ3v) is 6.85. The maximum Gasteiger partial charge on any atom is 0.342 e. The number of aliphatic carboxylic acids is 1. The monoisotopic (exact) mass is 561 g/mol. The van der Waals surface area contributed by atoms with Gasteiger partial charge in [-0.15, -0.1) is 10.2 Å². The molecule has 0 aliphatic heterocycles. The second kappa shape index (κ2) is 12.9. The number of hydrogen-bond donors (Lipinski definition) is 2. The summed E-state index contributed by atoms with van der Waals surface area (Å²) in [4.78, 5) is 23.4. The second-order valence-electron chi connectivity index (χ2n) is 8.40. The van der Waals surface area contributed by atoms with Gasteiger partial charge in [0.2, 0.25) is 0 Å². The molecule has 4 rings (SSSR count). The normalized spacial score (nSPS) is 11.2. The summed E-state index contributed by atoms with van der Waals surface area (Å²) in [6.45, 7) is 2.60. The highest BCUT2D eigenvalue weighted by molar-refractivity contribution is 8.04. The summed E-state index contributed by atoms with van der Waals surface area (Å²) in [5.74, 6) is 0.0783. The van der Waals surface area contributed by atoms with Gasteiger partial charge in [0, 0.05) is 23.7 Å². The zero-order chi connectivity index (χ0) is 28.6. The van der Waals surface area contributed by atoms with Crippen LogP contribution >= 0.6 is 11.8 Å². The van der Waals surface area contributed by atoms with Crippen molar-refractivity contribution in [2.75, 3.05) is 14.2 Å². The zero-order valence-corrected chi connectivity index (χ0v) is 22.8. The number of carboxylic acid groups (broad SMARTS) is 2. The molecule has 0 fully saturated rings. The van der Waals surface area contributed by atoms with E-state index in [4.69, 9.17) is 19.3 Å². The van der Waals surface area contributed by atoms with Crippen molar-refractivity contribution in [2.24, 2.45) is 0 Å². The van der Waals surface area contributed by atoms with Crippen molar-refractivity contribution in [1.29, 1.82) is 0 Å². The molecule has 0 saturated carbocycles. The maximum absolute atomic E-state index is 12.3. The fourth-order valence-electron chi connectivity index (χ4n) is 3.81. The number of carboxylic acids is 2. The molecule has 4 aromatic rings. The molecule has 206 valence electrons. The minimum Gasteiger partial charge on any atom is -0.497 e. The molecule has 0 radical (unpaired) electrons. The van der Waals surface area contributed by atoms with Gasteiger partial charge in [0.05, 0.1) is 19.8 Å². The van der Waals surface area contributed by atoms with Gasteiger partial charge in [0.15, 0.2) is 11.0 Å². The summed E-state index contributed by atoms with van der Waals surface area (Å²) in [5.41, 5.74) is 2.24. The highest BCUT2D eigenvalue weighted by Gasteiger charge is 2.20. The molecule has 0 unspecified atom stereocenters. The van der Waals surface area contributed by atoms with Crippen LogP contribution in [0.2, 0.25) is 0 Å². The molecule has 0 spiro atoms. The Bertz CT molecular complexity index is 1530. The average molecular weight is 562 g/mol. The van der Waals surface area contributed by atoms with E-state index in [1.807, 2.05) is 23.6 Å². The number of hydrogen-bond acceptors (Lipinski definition) is 8. The van der Waals surface area contributed by atoms with E-state index in [0.717, 1.165) is 17.3 Å². The van der Waals surface area contributed by atoms with Crippen LogP contribution in [-0.4, -0.2) is 51.1 Å². The molecule has 0 atom stereocenters. The number of aromatic carboxylic acids is 1. The van der Waals surface area contributed by atoms with Gasteiger partial charge in [-0.2, -0.15) is 0 Å². The summed E-state index contributed by atoms with van der Waals surface area (Å²) in [6.07, 6.45) is 1.53. The van der Waals surface area contributed by atoms with Crippen LogP contribution in [0.5, 0.6) is 17.2 Å². The van der Waals surface area contributed by atoms with Crippen molar-refractivity contribution >= 4 is 29.8 Å². The number of nitrogens with zero attached hydrogens (tertiary/aromatic N) is 3. The third kappa shape index (κ3) is 6.62. The van der Waals surface area contributed by atoms with Crippen LogP contribution < -0.4 is 14.2 Å². The highest BCUT2D eigenvalue weighted by atomic mass is 32.2. The van der Waals surface area contributed by atoms with Crippen LogP contribution in [-0.2, 0) is 17.9 Å². The van der Waals surface area contributed by atoms with Crippen molar-refractivity contribution in [3.8, 4) is 28.6 Å². The van der Waals surface area contributed by atoms with E-state index in [1.165, 1.54) is 18.2 Å².